The average Bonchev–Trinajstić information content (AvgIpc) is 2.01. The van der Waals surface area contributed by atoms with Gasteiger partial charge in [-0.25, -0.2) is 13.2 Å². The third kappa shape index (κ3) is 7.10. The van der Waals surface area contributed by atoms with Crippen molar-refractivity contribution in [1.82, 2.24) is 0 Å². The summed E-state index contributed by atoms with van der Waals surface area (Å²) < 4.78 is 31.3. The summed E-state index contributed by atoms with van der Waals surface area (Å²) in [5.41, 5.74) is -0.359. The molecule has 0 atom stereocenters. The van der Waals surface area contributed by atoms with Crippen molar-refractivity contribution in [2.75, 3.05) is 0 Å². The Morgan fingerprint density at radius 2 is 1.71 bits per heavy atom. The molecule has 0 aliphatic carbocycles. The van der Waals surface area contributed by atoms with Crippen molar-refractivity contribution in [3.05, 3.63) is 23.8 Å². The molecule has 10 heteroatoms. The fourth-order valence-corrected chi connectivity index (χ4v) is 1.39. The minimum Gasteiger partial charge on any atom is -0.872 e. The predicted octanol–water partition coefficient (Wildman–Crippen LogP) is -7.45. The van der Waals surface area contributed by atoms with E-state index in [2.05, 4.69) is 0 Å². The van der Waals surface area contributed by atoms with E-state index in [1.165, 1.54) is 0 Å². The van der Waals surface area contributed by atoms with Gasteiger partial charge in [0.05, 0.1) is 5.56 Å². The molecule has 1 rings (SSSR count). The maximum Gasteiger partial charge on any atom is 1.00 e. The number of hydrogen-bond donors (Lipinski definition) is 1. The Balaban J connectivity index is -0.000000653. The number of benzene rings is 1. The average molecular weight is 312 g/mol. The number of hydrogen-bond acceptors (Lipinski definition) is 5. The van der Waals surface area contributed by atoms with E-state index in [9.17, 15) is 22.9 Å². The molecule has 84 valence electrons. The Bertz CT molecular complexity index is 485. The molecule has 0 aliphatic rings. The third-order valence-corrected chi connectivity index (χ3v) is 2.34. The fourth-order valence-electron chi connectivity index (χ4n) is 0.848. The topological polar surface area (TPSA) is 149 Å². The van der Waals surface area contributed by atoms with Crippen molar-refractivity contribution >= 4 is 16.1 Å². The molecule has 0 spiro atoms. The van der Waals surface area contributed by atoms with E-state index in [0.717, 1.165) is 6.07 Å². The van der Waals surface area contributed by atoms with Gasteiger partial charge in [-0.15, -0.1) is 0 Å². The summed E-state index contributed by atoms with van der Waals surface area (Å²) in [5.74, 6) is -2.48. The molecule has 1 aromatic rings. The van der Waals surface area contributed by atoms with Crippen molar-refractivity contribution in [2.45, 2.75) is 4.90 Å². The molecule has 7 nitrogen and oxygen atoms in total. The van der Waals surface area contributed by atoms with Gasteiger partial charge in [-0.1, -0.05) is 11.8 Å². The Labute approximate surface area is 183 Å². The Morgan fingerprint density at radius 1 is 1.24 bits per heavy atom. The number of carboxylic acid groups (broad SMARTS) is 1. The maximum atomic E-state index is 10.9. The fraction of sp³-hybridized carbons (Fsp3) is 0. The summed E-state index contributed by atoms with van der Waals surface area (Å²) in [6.07, 6.45) is 0. The molecule has 0 saturated heterocycles. The van der Waals surface area contributed by atoms with Gasteiger partial charge in [0.25, 0.3) is 0 Å². The third-order valence-electron chi connectivity index (χ3n) is 1.46. The summed E-state index contributed by atoms with van der Waals surface area (Å²) in [5, 5.41) is 19.4. The molecule has 1 aromatic carbocycles. The Hall–Kier alpha value is 1.63. The predicted molar refractivity (Wildman–Crippen MR) is 44.4 cm³/mol. The molecular weight excluding hydrogens is 306 g/mol. The minimum absolute atomic E-state index is 0. The Morgan fingerprint density at radius 3 is 2.00 bits per heavy atom. The molecule has 0 unspecified atom stereocenters. The van der Waals surface area contributed by atoms with Gasteiger partial charge in [0.2, 0.25) is 0 Å². The molecule has 0 amide bonds. The monoisotopic (exact) mass is 312 g/mol. The molecule has 17 heavy (non-hydrogen) atoms. The summed E-state index contributed by atoms with van der Waals surface area (Å²) in [6, 6.07) is 2.16. The SMILES string of the molecule is O.O=C(O)c1ccc(S(=O)(=O)[O-])c([O-])c1.[K+].[K+]. The quantitative estimate of drug-likeness (QED) is 0.423. The largest absolute Gasteiger partial charge is 1.00 e. The molecule has 3 N–H and O–H groups in total. The standard InChI is InChI=1S/C7H6O6S.2K.H2O/c8-5-3-4(7(9)10)1-2-6(5)14(11,12)13;;;/h1-3,8H,(H,9,10)(H,11,12,13);;;1H2/q;2*+1;/p-2. The summed E-state index contributed by atoms with van der Waals surface area (Å²) in [4.78, 5) is 9.41. The van der Waals surface area contributed by atoms with Crippen molar-refractivity contribution in [1.29, 1.82) is 0 Å². The van der Waals surface area contributed by atoms with Gasteiger partial charge in [0.15, 0.2) is 0 Å². The van der Waals surface area contributed by atoms with Crippen LogP contribution in [0.2, 0.25) is 0 Å². The zero-order chi connectivity index (χ0) is 10.9. The molecule has 0 radical (unpaired) electrons. The molecule has 0 saturated carbocycles. The first-order chi connectivity index (χ1) is 6.32. The van der Waals surface area contributed by atoms with Crippen molar-refractivity contribution in [2.24, 2.45) is 0 Å². The molecular formula is C7H6K2O7S. The van der Waals surface area contributed by atoms with E-state index in [4.69, 9.17) is 5.11 Å². The molecule has 0 bridgehead atoms. The van der Waals surface area contributed by atoms with Gasteiger partial charge in [-0.2, -0.15) is 0 Å². The van der Waals surface area contributed by atoms with Crippen LogP contribution in [0.5, 0.6) is 5.75 Å². The first-order valence-electron chi connectivity index (χ1n) is 3.32. The van der Waals surface area contributed by atoms with Crippen LogP contribution in [0, 0.1) is 0 Å². The maximum absolute atomic E-state index is 10.9. The van der Waals surface area contributed by atoms with Crippen LogP contribution >= 0.6 is 0 Å². The number of aromatic carboxylic acids is 1. The van der Waals surface area contributed by atoms with Gasteiger partial charge >= 0.3 is 109 Å². The minimum atomic E-state index is -4.83. The van der Waals surface area contributed by atoms with Gasteiger partial charge in [0.1, 0.15) is 10.1 Å². The summed E-state index contributed by atoms with van der Waals surface area (Å²) >= 11 is 0. The second-order valence-corrected chi connectivity index (χ2v) is 3.77. The number of carboxylic acids is 1. The first kappa shape index (κ1) is 23.7. The van der Waals surface area contributed by atoms with Gasteiger partial charge in [-0.05, 0) is 12.1 Å². The van der Waals surface area contributed by atoms with E-state index >= 15 is 0 Å². The van der Waals surface area contributed by atoms with Gasteiger partial charge in [0, 0.05) is 4.90 Å². The van der Waals surface area contributed by atoms with E-state index in [1.54, 1.807) is 0 Å². The van der Waals surface area contributed by atoms with Crippen LogP contribution in [0.3, 0.4) is 0 Å². The van der Waals surface area contributed by atoms with E-state index < -0.39 is 26.7 Å². The normalized spacial score (nSPS) is 9.24. The molecule has 0 aromatic heterocycles. The van der Waals surface area contributed by atoms with Crippen LogP contribution < -0.4 is 108 Å². The zero-order valence-corrected chi connectivity index (χ0v) is 16.2. The van der Waals surface area contributed by atoms with E-state index in [-0.39, 0.29) is 114 Å². The zero-order valence-electron chi connectivity index (χ0n) is 9.13. The molecule has 0 fully saturated rings. The number of rotatable bonds is 2. The van der Waals surface area contributed by atoms with Crippen LogP contribution in [-0.2, 0) is 10.1 Å². The van der Waals surface area contributed by atoms with E-state index in [0.29, 0.717) is 12.1 Å². The smallest absolute Gasteiger partial charge is 0.872 e. The van der Waals surface area contributed by atoms with E-state index in [1.807, 2.05) is 0 Å². The summed E-state index contributed by atoms with van der Waals surface area (Å²) in [6.45, 7) is 0. The van der Waals surface area contributed by atoms with Crippen LogP contribution in [0.15, 0.2) is 23.1 Å². The molecule has 0 heterocycles. The van der Waals surface area contributed by atoms with Crippen LogP contribution in [0.4, 0.5) is 0 Å². The van der Waals surface area contributed by atoms with Crippen molar-refractivity contribution in [3.63, 3.8) is 0 Å². The van der Waals surface area contributed by atoms with Crippen LogP contribution in [0.25, 0.3) is 0 Å². The van der Waals surface area contributed by atoms with Crippen molar-refractivity contribution in [3.8, 4) is 5.75 Å². The van der Waals surface area contributed by atoms with Crippen LogP contribution in [0.1, 0.15) is 10.4 Å². The summed E-state index contributed by atoms with van der Waals surface area (Å²) in [7, 11) is -4.83. The van der Waals surface area contributed by atoms with Crippen molar-refractivity contribution < 1.29 is 136 Å². The molecule has 0 aliphatic heterocycles. The first-order valence-corrected chi connectivity index (χ1v) is 4.73. The number of carbonyl (C=O) groups is 1. The van der Waals surface area contributed by atoms with Gasteiger partial charge in [-0.3, -0.25) is 0 Å². The van der Waals surface area contributed by atoms with Gasteiger partial charge < -0.3 is 20.2 Å². The van der Waals surface area contributed by atoms with Crippen LogP contribution in [-0.4, -0.2) is 29.5 Å². The Kier molecular flexibility index (Phi) is 13.3. The second kappa shape index (κ2) is 9.52. The second-order valence-electron chi connectivity index (χ2n) is 2.42.